The topological polar surface area (TPSA) is 112 Å². The molecule has 3 N–H and O–H groups in total. The van der Waals surface area contributed by atoms with Crippen LogP contribution >= 0.6 is 0 Å². The number of H-pyrrole nitrogens is 1. The van der Waals surface area contributed by atoms with Crippen molar-refractivity contribution in [1.29, 1.82) is 0 Å². The molecule has 0 atom stereocenters. The van der Waals surface area contributed by atoms with E-state index < -0.39 is 10.3 Å². The molecule has 0 spiro atoms. The van der Waals surface area contributed by atoms with Gasteiger partial charge in [0, 0.05) is 11.7 Å². The Hall–Kier alpha value is -2.97. The number of pyridine rings is 1. The van der Waals surface area contributed by atoms with Crippen molar-refractivity contribution < 1.29 is 13.0 Å². The molecule has 1 heterocycles. The Bertz CT molecular complexity index is 1120. The fourth-order valence-electron chi connectivity index (χ4n) is 2.35. The Kier molecular flexibility index (Phi) is 4.39. The molecule has 7 nitrogen and oxygen atoms in total. The SMILES string of the molecule is Cc1ccc2[nH]c(=O)c(C=Nc3ccc(NS(=O)(=O)O)cc3)cc2c1. The second kappa shape index (κ2) is 6.50. The zero-order valence-electron chi connectivity index (χ0n) is 13.2. The number of hydrogen-bond acceptors (Lipinski definition) is 4. The third-order valence-electron chi connectivity index (χ3n) is 3.50. The number of aromatic amines is 1. The van der Waals surface area contributed by atoms with Gasteiger partial charge in [-0.25, -0.2) is 0 Å². The Balaban J connectivity index is 1.87. The summed E-state index contributed by atoms with van der Waals surface area (Å²) in [5, 5.41) is 0.911. The lowest BCUT2D eigenvalue weighted by Gasteiger charge is -2.02. The summed E-state index contributed by atoms with van der Waals surface area (Å²) in [6.45, 7) is 1.97. The van der Waals surface area contributed by atoms with E-state index in [1.807, 2.05) is 29.8 Å². The number of aryl methyl sites for hydroxylation is 1. The monoisotopic (exact) mass is 357 g/mol. The van der Waals surface area contributed by atoms with E-state index in [1.54, 1.807) is 18.2 Å². The van der Waals surface area contributed by atoms with Crippen molar-refractivity contribution in [1.82, 2.24) is 4.98 Å². The van der Waals surface area contributed by atoms with Crippen LogP contribution in [0.5, 0.6) is 0 Å². The summed E-state index contributed by atoms with van der Waals surface area (Å²) >= 11 is 0. The van der Waals surface area contributed by atoms with Crippen LogP contribution < -0.4 is 10.3 Å². The quantitative estimate of drug-likeness (QED) is 0.492. The molecule has 0 unspecified atom stereocenters. The van der Waals surface area contributed by atoms with Crippen molar-refractivity contribution in [3.63, 3.8) is 0 Å². The summed E-state index contributed by atoms with van der Waals surface area (Å²) in [5.41, 5.74) is 2.76. The second-order valence-electron chi connectivity index (χ2n) is 5.53. The normalized spacial score (nSPS) is 11.9. The summed E-state index contributed by atoms with van der Waals surface area (Å²) in [6.07, 6.45) is 1.45. The molecule has 3 aromatic rings. The van der Waals surface area contributed by atoms with Crippen molar-refractivity contribution in [2.75, 3.05) is 4.72 Å². The maximum absolute atomic E-state index is 12.1. The van der Waals surface area contributed by atoms with Crippen LogP contribution in [0.1, 0.15) is 11.1 Å². The fourth-order valence-corrected chi connectivity index (χ4v) is 2.78. The number of aliphatic imine (C=N–C) groups is 1. The first kappa shape index (κ1) is 16.9. The smallest absolute Gasteiger partial charge is 0.321 e. The zero-order valence-corrected chi connectivity index (χ0v) is 14.0. The third kappa shape index (κ3) is 4.31. The van der Waals surface area contributed by atoms with E-state index in [9.17, 15) is 13.2 Å². The number of nitrogens with zero attached hydrogens (tertiary/aromatic N) is 1. The van der Waals surface area contributed by atoms with Crippen LogP contribution in [0, 0.1) is 6.92 Å². The summed E-state index contributed by atoms with van der Waals surface area (Å²) in [7, 11) is -4.31. The molecule has 0 aliphatic carbocycles. The van der Waals surface area contributed by atoms with E-state index in [0.717, 1.165) is 16.5 Å². The van der Waals surface area contributed by atoms with Gasteiger partial charge >= 0.3 is 10.3 Å². The average Bonchev–Trinajstić information content (AvgIpc) is 2.53. The highest BCUT2D eigenvalue weighted by Crippen LogP contribution is 2.17. The molecule has 0 fully saturated rings. The lowest BCUT2D eigenvalue weighted by atomic mass is 10.1. The molecule has 8 heteroatoms. The number of rotatable bonds is 4. The Morgan fingerprint density at radius 3 is 2.52 bits per heavy atom. The molecule has 25 heavy (non-hydrogen) atoms. The standard InChI is InChI=1S/C17H15N3O4S/c1-11-2-7-16-12(8-11)9-13(17(21)19-16)10-18-14-3-5-15(6-4-14)20-25(22,23)24/h2-10,20H,1H3,(H,19,21)(H,22,23,24). The molecule has 0 saturated carbocycles. The summed E-state index contributed by atoms with van der Waals surface area (Å²) in [5.74, 6) is 0. The molecule has 0 amide bonds. The van der Waals surface area contributed by atoms with Crippen LogP contribution in [0.25, 0.3) is 10.9 Å². The largest absolute Gasteiger partial charge is 0.357 e. The van der Waals surface area contributed by atoms with Crippen LogP contribution in [-0.4, -0.2) is 24.2 Å². The summed E-state index contributed by atoms with van der Waals surface area (Å²) < 4.78 is 32.1. The van der Waals surface area contributed by atoms with E-state index in [2.05, 4.69) is 9.98 Å². The molecule has 1 aromatic heterocycles. The van der Waals surface area contributed by atoms with Gasteiger partial charge < -0.3 is 4.98 Å². The third-order valence-corrected chi connectivity index (χ3v) is 3.99. The first-order chi connectivity index (χ1) is 11.8. The maximum atomic E-state index is 12.1. The number of anilines is 1. The maximum Gasteiger partial charge on any atom is 0.357 e. The van der Waals surface area contributed by atoms with Gasteiger partial charge in [0.15, 0.2) is 0 Å². The predicted octanol–water partition coefficient (Wildman–Crippen LogP) is 2.80. The van der Waals surface area contributed by atoms with Gasteiger partial charge in [-0.2, -0.15) is 8.42 Å². The molecule has 2 aromatic carbocycles. The van der Waals surface area contributed by atoms with Crippen molar-refractivity contribution in [3.05, 3.63) is 70.0 Å². The van der Waals surface area contributed by atoms with Crippen molar-refractivity contribution in [2.45, 2.75) is 6.92 Å². The summed E-state index contributed by atoms with van der Waals surface area (Å²) in [4.78, 5) is 19.1. The number of nitrogens with one attached hydrogen (secondary N) is 2. The first-order valence-corrected chi connectivity index (χ1v) is 8.77. The number of fused-ring (bicyclic) bond motifs is 1. The van der Waals surface area contributed by atoms with Gasteiger partial charge in [0.25, 0.3) is 5.56 Å². The van der Waals surface area contributed by atoms with Crippen molar-refractivity contribution in [2.24, 2.45) is 4.99 Å². The van der Waals surface area contributed by atoms with Gasteiger partial charge in [0.05, 0.1) is 16.9 Å². The number of benzene rings is 2. The van der Waals surface area contributed by atoms with Gasteiger partial charge in [-0.3, -0.25) is 19.1 Å². The van der Waals surface area contributed by atoms with Crippen molar-refractivity contribution >= 4 is 38.8 Å². The van der Waals surface area contributed by atoms with E-state index in [4.69, 9.17) is 4.55 Å². The van der Waals surface area contributed by atoms with Crippen LogP contribution in [0.4, 0.5) is 11.4 Å². The van der Waals surface area contributed by atoms with E-state index in [1.165, 1.54) is 18.3 Å². The molecule has 0 saturated heterocycles. The zero-order chi connectivity index (χ0) is 18.0. The highest BCUT2D eigenvalue weighted by molar-refractivity contribution is 7.87. The van der Waals surface area contributed by atoms with Crippen LogP contribution in [0.3, 0.4) is 0 Å². The first-order valence-electron chi connectivity index (χ1n) is 7.33. The van der Waals surface area contributed by atoms with Crippen molar-refractivity contribution in [3.8, 4) is 0 Å². The minimum atomic E-state index is -4.31. The predicted molar refractivity (Wildman–Crippen MR) is 98.2 cm³/mol. The molecule has 0 radical (unpaired) electrons. The highest BCUT2D eigenvalue weighted by atomic mass is 32.2. The molecule has 0 aliphatic rings. The van der Waals surface area contributed by atoms with Crippen LogP contribution in [-0.2, 0) is 10.3 Å². The minimum Gasteiger partial charge on any atom is -0.321 e. The molecule has 3 rings (SSSR count). The minimum absolute atomic E-state index is 0.209. The Morgan fingerprint density at radius 2 is 1.84 bits per heavy atom. The van der Waals surface area contributed by atoms with Gasteiger partial charge in [0.2, 0.25) is 0 Å². The molecular formula is C17H15N3O4S. The second-order valence-corrected chi connectivity index (χ2v) is 6.68. The van der Waals surface area contributed by atoms with Gasteiger partial charge in [-0.05, 0) is 54.8 Å². The lowest BCUT2D eigenvalue weighted by Crippen LogP contribution is -2.11. The number of hydrogen-bond donors (Lipinski definition) is 3. The van der Waals surface area contributed by atoms with Gasteiger partial charge in [0.1, 0.15) is 0 Å². The van der Waals surface area contributed by atoms with Crippen LogP contribution in [0.15, 0.2) is 58.3 Å². The Morgan fingerprint density at radius 1 is 1.12 bits per heavy atom. The molecular weight excluding hydrogens is 342 g/mol. The molecule has 0 bridgehead atoms. The Labute approximate surface area is 143 Å². The molecule has 128 valence electrons. The van der Waals surface area contributed by atoms with Gasteiger partial charge in [-0.1, -0.05) is 11.6 Å². The molecule has 0 aliphatic heterocycles. The van der Waals surface area contributed by atoms with Gasteiger partial charge in [-0.15, -0.1) is 0 Å². The van der Waals surface area contributed by atoms with Crippen LogP contribution in [0.2, 0.25) is 0 Å². The summed E-state index contributed by atoms with van der Waals surface area (Å²) in [6, 6.07) is 13.5. The highest BCUT2D eigenvalue weighted by Gasteiger charge is 2.04. The number of aromatic nitrogens is 1. The van der Waals surface area contributed by atoms with E-state index in [0.29, 0.717) is 11.3 Å². The lowest BCUT2D eigenvalue weighted by molar-refractivity contribution is 0.489. The average molecular weight is 357 g/mol. The fraction of sp³-hybridized carbons (Fsp3) is 0.0588. The van der Waals surface area contributed by atoms with E-state index >= 15 is 0 Å². The van der Waals surface area contributed by atoms with E-state index in [-0.39, 0.29) is 11.2 Å².